The zero-order valence-corrected chi connectivity index (χ0v) is 10.2. The molecule has 0 N–H and O–H groups in total. The van der Waals surface area contributed by atoms with Crippen LogP contribution in [0.3, 0.4) is 0 Å². The normalized spacial score (nSPS) is 13.8. The lowest BCUT2D eigenvalue weighted by Crippen LogP contribution is -2.08. The highest BCUT2D eigenvalue weighted by molar-refractivity contribution is 7.99. The topological polar surface area (TPSA) is 12.9 Å². The zero-order valence-electron chi connectivity index (χ0n) is 8.59. The van der Waals surface area contributed by atoms with Crippen molar-refractivity contribution in [3.8, 4) is 0 Å². The van der Waals surface area contributed by atoms with Gasteiger partial charge in [-0.05, 0) is 18.6 Å². The van der Waals surface area contributed by atoms with E-state index in [1.807, 2.05) is 6.92 Å². The van der Waals surface area contributed by atoms with Gasteiger partial charge in [-0.1, -0.05) is 13.0 Å². The lowest BCUT2D eigenvalue weighted by Gasteiger charge is -2.10. The Morgan fingerprint density at radius 1 is 1.44 bits per heavy atom. The van der Waals surface area contributed by atoms with E-state index in [9.17, 15) is 13.2 Å². The summed E-state index contributed by atoms with van der Waals surface area (Å²) in [6.45, 7) is 1.91. The minimum Gasteiger partial charge on any atom is -0.237 e. The molecule has 0 amide bonds. The third-order valence-corrected chi connectivity index (χ3v) is 3.18. The summed E-state index contributed by atoms with van der Waals surface area (Å²) in [5.41, 5.74) is -0.851. The van der Waals surface area contributed by atoms with Crippen LogP contribution in [0.1, 0.15) is 19.0 Å². The SMILES string of the molecule is CC(CCCl)Sc1cccc(C(F)(F)F)n1. The number of aromatic nitrogens is 1. The number of alkyl halides is 4. The van der Waals surface area contributed by atoms with Crippen LogP contribution in [0.4, 0.5) is 13.2 Å². The molecule has 1 nitrogen and oxygen atoms in total. The van der Waals surface area contributed by atoms with E-state index in [0.717, 1.165) is 12.5 Å². The second-order valence-corrected chi connectivity index (χ2v) is 5.10. The van der Waals surface area contributed by atoms with E-state index in [0.29, 0.717) is 10.9 Å². The van der Waals surface area contributed by atoms with Gasteiger partial charge < -0.3 is 0 Å². The van der Waals surface area contributed by atoms with Gasteiger partial charge in [0.05, 0.1) is 5.03 Å². The number of pyridine rings is 1. The van der Waals surface area contributed by atoms with Gasteiger partial charge in [-0.15, -0.1) is 23.4 Å². The Hall–Kier alpha value is -0.420. The highest BCUT2D eigenvalue weighted by atomic mass is 35.5. The first kappa shape index (κ1) is 13.6. The minimum absolute atomic E-state index is 0.161. The fourth-order valence-corrected chi connectivity index (χ4v) is 2.47. The van der Waals surface area contributed by atoms with Crippen LogP contribution in [0.5, 0.6) is 0 Å². The van der Waals surface area contributed by atoms with Crippen molar-refractivity contribution in [3.05, 3.63) is 23.9 Å². The molecule has 1 rings (SSSR count). The number of nitrogens with zero attached hydrogens (tertiary/aromatic N) is 1. The predicted molar refractivity (Wildman–Crippen MR) is 59.9 cm³/mol. The molecule has 6 heteroatoms. The molecule has 1 aromatic heterocycles. The molecule has 0 saturated carbocycles. The molecular formula is C10H11ClF3NS. The van der Waals surface area contributed by atoms with Gasteiger partial charge in [0, 0.05) is 11.1 Å². The number of halogens is 4. The van der Waals surface area contributed by atoms with E-state index < -0.39 is 11.9 Å². The van der Waals surface area contributed by atoms with E-state index in [-0.39, 0.29) is 5.25 Å². The van der Waals surface area contributed by atoms with E-state index in [1.165, 1.54) is 17.8 Å². The van der Waals surface area contributed by atoms with Crippen LogP contribution in [0.2, 0.25) is 0 Å². The Morgan fingerprint density at radius 3 is 2.69 bits per heavy atom. The molecule has 0 spiro atoms. The van der Waals surface area contributed by atoms with Crippen molar-refractivity contribution in [2.75, 3.05) is 5.88 Å². The fraction of sp³-hybridized carbons (Fsp3) is 0.500. The van der Waals surface area contributed by atoms with Crippen LogP contribution < -0.4 is 0 Å². The Bertz CT molecular complexity index is 343. The van der Waals surface area contributed by atoms with Gasteiger partial charge in [-0.2, -0.15) is 13.2 Å². The third kappa shape index (κ3) is 4.22. The van der Waals surface area contributed by atoms with E-state index in [4.69, 9.17) is 11.6 Å². The fourth-order valence-electron chi connectivity index (χ4n) is 1.06. The molecular weight excluding hydrogens is 259 g/mol. The molecule has 0 aliphatic heterocycles. The summed E-state index contributed by atoms with van der Waals surface area (Å²) in [5.74, 6) is 0.493. The number of thioether (sulfide) groups is 1. The maximum atomic E-state index is 12.4. The summed E-state index contributed by atoms with van der Waals surface area (Å²) in [4.78, 5) is 3.56. The van der Waals surface area contributed by atoms with Gasteiger partial charge in [0.15, 0.2) is 0 Å². The molecule has 90 valence electrons. The number of hydrogen-bond donors (Lipinski definition) is 0. The molecule has 16 heavy (non-hydrogen) atoms. The smallest absolute Gasteiger partial charge is 0.237 e. The van der Waals surface area contributed by atoms with Crippen molar-refractivity contribution in [2.24, 2.45) is 0 Å². The molecule has 0 aromatic carbocycles. The zero-order chi connectivity index (χ0) is 12.2. The van der Waals surface area contributed by atoms with Crippen LogP contribution in [-0.4, -0.2) is 16.1 Å². The lowest BCUT2D eigenvalue weighted by atomic mass is 10.3. The first-order valence-corrected chi connectivity index (χ1v) is 6.12. The highest BCUT2D eigenvalue weighted by Crippen LogP contribution is 2.30. The van der Waals surface area contributed by atoms with Crippen molar-refractivity contribution >= 4 is 23.4 Å². The van der Waals surface area contributed by atoms with Crippen molar-refractivity contribution in [1.82, 2.24) is 4.98 Å². The Labute approximate surface area is 101 Å². The van der Waals surface area contributed by atoms with Crippen molar-refractivity contribution in [2.45, 2.75) is 29.8 Å². The molecule has 0 radical (unpaired) electrons. The molecule has 0 aliphatic carbocycles. The van der Waals surface area contributed by atoms with Crippen LogP contribution in [0.25, 0.3) is 0 Å². The van der Waals surface area contributed by atoms with Gasteiger partial charge in [0.2, 0.25) is 0 Å². The van der Waals surface area contributed by atoms with Crippen molar-refractivity contribution < 1.29 is 13.2 Å². The molecule has 1 unspecified atom stereocenters. The monoisotopic (exact) mass is 269 g/mol. The maximum Gasteiger partial charge on any atom is 0.433 e. The second-order valence-electron chi connectivity index (χ2n) is 3.26. The lowest BCUT2D eigenvalue weighted by molar-refractivity contribution is -0.141. The maximum absolute atomic E-state index is 12.4. The average Bonchev–Trinajstić information content (AvgIpc) is 2.17. The van der Waals surface area contributed by atoms with Crippen LogP contribution in [0, 0.1) is 0 Å². The predicted octanol–water partition coefficient (Wildman–Crippen LogP) is 4.21. The van der Waals surface area contributed by atoms with E-state index in [1.54, 1.807) is 6.07 Å². The quantitative estimate of drug-likeness (QED) is 0.600. The summed E-state index contributed by atoms with van der Waals surface area (Å²) >= 11 is 6.86. The Balaban J connectivity index is 2.75. The molecule has 1 atom stereocenters. The van der Waals surface area contributed by atoms with Crippen LogP contribution >= 0.6 is 23.4 Å². The molecule has 0 aliphatic rings. The van der Waals surface area contributed by atoms with E-state index >= 15 is 0 Å². The van der Waals surface area contributed by atoms with Crippen molar-refractivity contribution in [1.29, 1.82) is 0 Å². The second kappa shape index (κ2) is 5.77. The highest BCUT2D eigenvalue weighted by Gasteiger charge is 2.32. The molecule has 0 fully saturated rings. The number of rotatable bonds is 4. The van der Waals surface area contributed by atoms with Crippen molar-refractivity contribution in [3.63, 3.8) is 0 Å². The van der Waals surface area contributed by atoms with Gasteiger partial charge >= 0.3 is 6.18 Å². The summed E-state index contributed by atoms with van der Waals surface area (Å²) in [6, 6.07) is 3.91. The first-order chi connectivity index (χ1) is 7.43. The first-order valence-electron chi connectivity index (χ1n) is 4.70. The van der Waals surface area contributed by atoms with Gasteiger partial charge in [0.25, 0.3) is 0 Å². The van der Waals surface area contributed by atoms with Gasteiger partial charge in [-0.25, -0.2) is 4.98 Å². The van der Waals surface area contributed by atoms with E-state index in [2.05, 4.69) is 4.98 Å². The molecule has 0 bridgehead atoms. The summed E-state index contributed by atoms with van der Waals surface area (Å²) < 4.78 is 37.1. The number of hydrogen-bond acceptors (Lipinski definition) is 2. The minimum atomic E-state index is -4.38. The van der Waals surface area contributed by atoms with Gasteiger partial charge in [-0.3, -0.25) is 0 Å². The molecule has 1 heterocycles. The summed E-state index contributed by atoms with van der Waals surface area (Å²) in [6.07, 6.45) is -3.64. The Kier molecular flexibility index (Phi) is 4.92. The largest absolute Gasteiger partial charge is 0.433 e. The third-order valence-electron chi connectivity index (χ3n) is 1.85. The summed E-state index contributed by atoms with van der Waals surface area (Å²) in [7, 11) is 0. The summed E-state index contributed by atoms with van der Waals surface area (Å²) in [5, 5.41) is 0.543. The van der Waals surface area contributed by atoms with Crippen LogP contribution in [0.15, 0.2) is 23.2 Å². The standard InChI is InChI=1S/C10H11ClF3NS/c1-7(5-6-11)16-9-4-2-3-8(15-9)10(12,13)14/h2-4,7H,5-6H2,1H3. The van der Waals surface area contributed by atoms with Gasteiger partial charge in [0.1, 0.15) is 5.69 Å². The molecule has 0 saturated heterocycles. The Morgan fingerprint density at radius 2 is 2.12 bits per heavy atom. The average molecular weight is 270 g/mol. The molecule has 1 aromatic rings. The van der Waals surface area contributed by atoms with Crippen LogP contribution in [-0.2, 0) is 6.18 Å².